The summed E-state index contributed by atoms with van der Waals surface area (Å²) < 4.78 is 5.45. The number of nitrogens with zero attached hydrogens (tertiary/aromatic N) is 2. The van der Waals surface area contributed by atoms with Crippen LogP contribution in [0.1, 0.15) is 28.9 Å². The van der Waals surface area contributed by atoms with E-state index in [1.54, 1.807) is 17.5 Å². The second kappa shape index (κ2) is 8.41. The molecule has 1 unspecified atom stereocenters. The van der Waals surface area contributed by atoms with Crippen molar-refractivity contribution in [2.45, 2.75) is 25.8 Å². The molecule has 0 aliphatic carbocycles. The lowest BCUT2D eigenvalue weighted by Crippen LogP contribution is -2.43. The minimum absolute atomic E-state index is 0.0684. The molecule has 3 heterocycles. The lowest BCUT2D eigenvalue weighted by atomic mass is 10.2. The fraction of sp³-hybridized carbons (Fsp3) is 0.529. The van der Waals surface area contributed by atoms with Crippen LogP contribution in [0.5, 0.6) is 0 Å². The zero-order valence-corrected chi connectivity index (χ0v) is 14.8. The summed E-state index contributed by atoms with van der Waals surface area (Å²) in [4.78, 5) is 23.3. The topological polar surface area (TPSA) is 70.2 Å². The van der Waals surface area contributed by atoms with Gasteiger partial charge in [0.2, 0.25) is 5.91 Å². The van der Waals surface area contributed by atoms with Crippen LogP contribution in [0, 0.1) is 6.92 Å². The van der Waals surface area contributed by atoms with Crippen molar-refractivity contribution in [3.63, 3.8) is 0 Å². The maximum Gasteiger partial charge on any atom is 0.220 e. The average molecular weight is 348 g/mol. The number of aromatic amines is 1. The largest absolute Gasteiger partial charge is 0.379 e. The Morgan fingerprint density at radius 3 is 3.00 bits per heavy atom. The molecule has 2 aromatic heterocycles. The first-order valence-electron chi connectivity index (χ1n) is 8.35. The third-order valence-electron chi connectivity index (χ3n) is 4.19. The summed E-state index contributed by atoms with van der Waals surface area (Å²) in [7, 11) is 0. The zero-order chi connectivity index (χ0) is 16.8. The number of thiophene rings is 1. The minimum atomic E-state index is 0.0684. The summed E-state index contributed by atoms with van der Waals surface area (Å²) in [5, 5.41) is 5.18. The first kappa shape index (κ1) is 17.1. The first-order chi connectivity index (χ1) is 11.7. The molecule has 2 aromatic rings. The van der Waals surface area contributed by atoms with Gasteiger partial charge >= 0.3 is 0 Å². The van der Waals surface area contributed by atoms with E-state index in [0.29, 0.717) is 19.4 Å². The van der Waals surface area contributed by atoms with Crippen LogP contribution >= 0.6 is 11.3 Å². The van der Waals surface area contributed by atoms with Gasteiger partial charge in [-0.05, 0) is 18.4 Å². The van der Waals surface area contributed by atoms with E-state index in [1.807, 2.05) is 6.92 Å². The fourth-order valence-electron chi connectivity index (χ4n) is 2.90. The van der Waals surface area contributed by atoms with E-state index in [2.05, 4.69) is 37.7 Å². The molecular formula is C17H24N4O2S. The summed E-state index contributed by atoms with van der Waals surface area (Å²) in [6, 6.07) is 4.43. The van der Waals surface area contributed by atoms with Gasteiger partial charge in [-0.25, -0.2) is 4.98 Å². The molecule has 1 aliphatic heterocycles. The van der Waals surface area contributed by atoms with E-state index in [1.165, 1.54) is 4.88 Å². The van der Waals surface area contributed by atoms with Crippen LogP contribution < -0.4 is 5.32 Å². The van der Waals surface area contributed by atoms with Gasteiger partial charge in [-0.2, -0.15) is 0 Å². The summed E-state index contributed by atoms with van der Waals surface area (Å²) >= 11 is 1.74. The molecule has 1 saturated heterocycles. The Kier molecular flexibility index (Phi) is 6.01. The van der Waals surface area contributed by atoms with Crippen LogP contribution in [0.3, 0.4) is 0 Å². The first-order valence-corrected chi connectivity index (χ1v) is 9.23. The molecule has 0 radical (unpaired) electrons. The molecule has 1 atom stereocenters. The van der Waals surface area contributed by atoms with Crippen molar-refractivity contribution in [3.05, 3.63) is 40.1 Å². The Bertz CT molecular complexity index is 635. The standard InChI is InChI=1S/C17H24N4O2S/c1-13-11-18-16(20-13)4-5-17(22)19-12-14(15-3-2-10-24-15)21-6-8-23-9-7-21/h2-3,10-11,14H,4-9,12H2,1H3,(H,18,20)(H,19,22). The van der Waals surface area contributed by atoms with Gasteiger partial charge in [0.15, 0.2) is 0 Å². The number of hydrogen-bond donors (Lipinski definition) is 2. The molecule has 0 bridgehead atoms. The van der Waals surface area contributed by atoms with Gasteiger partial charge in [-0.15, -0.1) is 11.3 Å². The Balaban J connectivity index is 1.52. The number of H-pyrrole nitrogens is 1. The summed E-state index contributed by atoms with van der Waals surface area (Å²) in [5.74, 6) is 0.935. The number of ether oxygens (including phenoxy) is 1. The molecule has 3 rings (SSSR count). The molecular weight excluding hydrogens is 324 g/mol. The number of imidazole rings is 1. The Labute approximate surface area is 146 Å². The van der Waals surface area contributed by atoms with E-state index in [-0.39, 0.29) is 11.9 Å². The molecule has 1 amide bonds. The summed E-state index contributed by atoms with van der Waals surface area (Å²) in [6.45, 7) is 5.93. The molecule has 6 nitrogen and oxygen atoms in total. The number of carbonyl (C=O) groups excluding carboxylic acids is 1. The van der Waals surface area contributed by atoms with Crippen molar-refractivity contribution >= 4 is 17.2 Å². The van der Waals surface area contributed by atoms with Crippen molar-refractivity contribution in [1.82, 2.24) is 20.2 Å². The number of hydrogen-bond acceptors (Lipinski definition) is 5. The highest BCUT2D eigenvalue weighted by atomic mass is 32.1. The number of rotatable bonds is 7. The zero-order valence-electron chi connectivity index (χ0n) is 14.0. The van der Waals surface area contributed by atoms with Crippen molar-refractivity contribution in [2.24, 2.45) is 0 Å². The molecule has 2 N–H and O–H groups in total. The number of amides is 1. The number of morpholine rings is 1. The highest BCUT2D eigenvalue weighted by molar-refractivity contribution is 7.10. The third kappa shape index (κ3) is 4.66. The normalized spacial score (nSPS) is 16.9. The molecule has 1 aliphatic rings. The highest BCUT2D eigenvalue weighted by Gasteiger charge is 2.23. The molecule has 0 aromatic carbocycles. The van der Waals surface area contributed by atoms with Crippen LogP contribution in [0.4, 0.5) is 0 Å². The minimum Gasteiger partial charge on any atom is -0.379 e. The van der Waals surface area contributed by atoms with Crippen molar-refractivity contribution < 1.29 is 9.53 Å². The lowest BCUT2D eigenvalue weighted by Gasteiger charge is -2.34. The summed E-state index contributed by atoms with van der Waals surface area (Å²) in [6.07, 6.45) is 2.88. The average Bonchev–Trinajstić information content (AvgIpc) is 3.26. The van der Waals surface area contributed by atoms with Gasteiger partial charge in [-0.3, -0.25) is 9.69 Å². The molecule has 130 valence electrons. The molecule has 0 saturated carbocycles. The van der Waals surface area contributed by atoms with E-state index >= 15 is 0 Å². The predicted octanol–water partition coefficient (Wildman–Crippen LogP) is 1.90. The maximum absolute atomic E-state index is 12.2. The number of aryl methyl sites for hydroxylation is 2. The molecule has 1 fully saturated rings. The van der Waals surface area contributed by atoms with Crippen molar-refractivity contribution in [2.75, 3.05) is 32.8 Å². The second-order valence-electron chi connectivity index (χ2n) is 6.00. The van der Waals surface area contributed by atoms with Gasteiger partial charge in [0.05, 0.1) is 19.3 Å². The third-order valence-corrected chi connectivity index (χ3v) is 5.17. The van der Waals surface area contributed by atoms with E-state index in [0.717, 1.165) is 37.8 Å². The predicted molar refractivity (Wildman–Crippen MR) is 94.1 cm³/mol. The van der Waals surface area contributed by atoms with Crippen LogP contribution in [0.2, 0.25) is 0 Å². The van der Waals surface area contributed by atoms with E-state index in [4.69, 9.17) is 4.74 Å². The van der Waals surface area contributed by atoms with Gasteiger partial charge in [0, 0.05) is 49.2 Å². The molecule has 0 spiro atoms. The smallest absolute Gasteiger partial charge is 0.220 e. The fourth-order valence-corrected chi connectivity index (χ4v) is 3.77. The van der Waals surface area contributed by atoms with E-state index < -0.39 is 0 Å². The molecule has 24 heavy (non-hydrogen) atoms. The van der Waals surface area contributed by atoms with Crippen LogP contribution in [0.25, 0.3) is 0 Å². The van der Waals surface area contributed by atoms with Gasteiger partial charge < -0.3 is 15.0 Å². The van der Waals surface area contributed by atoms with Crippen molar-refractivity contribution in [3.8, 4) is 0 Å². The summed E-state index contributed by atoms with van der Waals surface area (Å²) in [5.41, 5.74) is 1.02. The van der Waals surface area contributed by atoms with Crippen LogP contribution in [-0.2, 0) is 16.0 Å². The number of nitrogens with one attached hydrogen (secondary N) is 2. The quantitative estimate of drug-likeness (QED) is 0.802. The van der Waals surface area contributed by atoms with Crippen molar-refractivity contribution in [1.29, 1.82) is 0 Å². The maximum atomic E-state index is 12.2. The van der Waals surface area contributed by atoms with Gasteiger partial charge in [0.25, 0.3) is 0 Å². The van der Waals surface area contributed by atoms with Crippen LogP contribution in [-0.4, -0.2) is 53.6 Å². The monoisotopic (exact) mass is 348 g/mol. The van der Waals surface area contributed by atoms with Crippen LogP contribution in [0.15, 0.2) is 23.7 Å². The number of aromatic nitrogens is 2. The highest BCUT2D eigenvalue weighted by Crippen LogP contribution is 2.25. The second-order valence-corrected chi connectivity index (χ2v) is 6.98. The van der Waals surface area contributed by atoms with E-state index in [9.17, 15) is 4.79 Å². The lowest BCUT2D eigenvalue weighted by molar-refractivity contribution is -0.121. The van der Waals surface area contributed by atoms with Gasteiger partial charge in [0.1, 0.15) is 5.82 Å². The van der Waals surface area contributed by atoms with Gasteiger partial charge in [-0.1, -0.05) is 6.07 Å². The Morgan fingerprint density at radius 1 is 1.50 bits per heavy atom. The number of carbonyl (C=O) groups is 1. The molecule has 7 heteroatoms. The Hall–Kier alpha value is -1.70. The SMILES string of the molecule is Cc1cnc(CCC(=O)NCC(c2cccs2)N2CCOCC2)[nH]1. The Morgan fingerprint density at radius 2 is 2.33 bits per heavy atom.